The molecule has 2 N–H and O–H groups in total. The molecule has 0 fully saturated rings. The van der Waals surface area contributed by atoms with Crippen LogP contribution in [0.15, 0.2) is 77.7 Å². The molecule has 1 unspecified atom stereocenters. The molecule has 0 heterocycles. The monoisotopic (exact) mass is 506 g/mol. The van der Waals surface area contributed by atoms with Crippen LogP contribution in [0.25, 0.3) is 0 Å². The number of ether oxygens (including phenoxy) is 1. The fraction of sp³-hybridized carbons (Fsp3) is 0.208. The summed E-state index contributed by atoms with van der Waals surface area (Å²) in [5.41, 5.74) is 1.54. The summed E-state index contributed by atoms with van der Waals surface area (Å²) < 4.78 is 34.0. The number of carbonyl (C=O) groups excluding carboxylic acids is 1. The Morgan fingerprint density at radius 2 is 1.67 bits per heavy atom. The molecule has 0 spiro atoms. The van der Waals surface area contributed by atoms with Crippen LogP contribution < -0.4 is 14.8 Å². The van der Waals surface area contributed by atoms with Gasteiger partial charge in [-0.15, -0.1) is 0 Å². The van der Waals surface area contributed by atoms with Crippen LogP contribution in [0, 0.1) is 0 Å². The quantitative estimate of drug-likeness (QED) is 0.420. The van der Waals surface area contributed by atoms with Crippen molar-refractivity contribution in [3.8, 4) is 5.75 Å². The molecule has 0 radical (unpaired) electrons. The first kappa shape index (κ1) is 25.1. The Balaban J connectivity index is 1.82. The van der Waals surface area contributed by atoms with Crippen LogP contribution in [-0.4, -0.2) is 27.0 Å². The first-order valence-electron chi connectivity index (χ1n) is 10.3. The minimum Gasteiger partial charge on any atom is -0.492 e. The van der Waals surface area contributed by atoms with Gasteiger partial charge in [-0.3, -0.25) is 4.79 Å². The summed E-state index contributed by atoms with van der Waals surface area (Å²) in [5, 5.41) is 3.46. The van der Waals surface area contributed by atoms with Gasteiger partial charge >= 0.3 is 0 Å². The lowest BCUT2D eigenvalue weighted by atomic mass is 10.1. The predicted molar refractivity (Wildman–Crippen MR) is 130 cm³/mol. The lowest BCUT2D eigenvalue weighted by Crippen LogP contribution is -2.47. The normalized spacial score (nSPS) is 12.2. The van der Waals surface area contributed by atoms with E-state index in [1.54, 1.807) is 25.1 Å². The van der Waals surface area contributed by atoms with Crippen molar-refractivity contribution in [2.75, 3.05) is 6.61 Å². The van der Waals surface area contributed by atoms with Gasteiger partial charge in [0, 0.05) is 11.6 Å². The van der Waals surface area contributed by atoms with Crippen molar-refractivity contribution in [1.29, 1.82) is 0 Å². The fourth-order valence-corrected chi connectivity index (χ4v) is 4.89. The van der Waals surface area contributed by atoms with E-state index in [9.17, 15) is 13.2 Å². The first-order chi connectivity index (χ1) is 15.8. The molecule has 0 bridgehead atoms. The number of benzene rings is 3. The summed E-state index contributed by atoms with van der Waals surface area (Å²) in [4.78, 5) is 13.0. The van der Waals surface area contributed by atoms with Crippen molar-refractivity contribution in [1.82, 2.24) is 10.0 Å². The maximum Gasteiger partial charge on any atom is 0.241 e. The van der Waals surface area contributed by atoms with Gasteiger partial charge in [-0.05, 0) is 48.7 Å². The summed E-state index contributed by atoms with van der Waals surface area (Å²) in [7, 11) is -4.05. The molecule has 0 aliphatic carbocycles. The van der Waals surface area contributed by atoms with Gasteiger partial charge in [0.15, 0.2) is 0 Å². The van der Waals surface area contributed by atoms with Crippen LogP contribution >= 0.6 is 23.2 Å². The molecule has 33 heavy (non-hydrogen) atoms. The van der Waals surface area contributed by atoms with Crippen LogP contribution in [-0.2, 0) is 27.8 Å². The van der Waals surface area contributed by atoms with Gasteiger partial charge in [0.25, 0.3) is 0 Å². The second kappa shape index (κ2) is 11.5. The summed E-state index contributed by atoms with van der Waals surface area (Å²) in [6.07, 6.45) is 0.166. The molecular formula is C24H24Cl2N2O4S. The Labute approximate surface area is 203 Å². The maximum atomic E-state index is 13.1. The van der Waals surface area contributed by atoms with Crippen molar-refractivity contribution >= 4 is 39.1 Å². The Kier molecular flexibility index (Phi) is 8.74. The van der Waals surface area contributed by atoms with E-state index in [-0.39, 0.29) is 22.9 Å². The van der Waals surface area contributed by atoms with E-state index in [2.05, 4.69) is 10.0 Å². The van der Waals surface area contributed by atoms with Crippen LogP contribution in [0.2, 0.25) is 10.0 Å². The average molecular weight is 507 g/mol. The maximum absolute atomic E-state index is 13.1. The third-order valence-corrected chi connectivity index (χ3v) is 6.95. The number of hydrogen-bond donors (Lipinski definition) is 2. The van der Waals surface area contributed by atoms with Crippen LogP contribution in [0.4, 0.5) is 0 Å². The van der Waals surface area contributed by atoms with Gasteiger partial charge in [0.2, 0.25) is 15.9 Å². The van der Waals surface area contributed by atoms with Crippen LogP contribution in [0.1, 0.15) is 18.1 Å². The summed E-state index contributed by atoms with van der Waals surface area (Å²) in [6, 6.07) is 19.4. The third kappa shape index (κ3) is 6.95. The molecular weight excluding hydrogens is 483 g/mol. The zero-order valence-corrected chi connectivity index (χ0v) is 20.3. The SMILES string of the molecule is CCOc1ccc(S(=O)(=O)NC(Cc2ccccc2)C(=O)NCc2ccccc2Cl)cc1Cl. The molecule has 3 rings (SSSR count). The number of sulfonamides is 1. The molecule has 0 saturated heterocycles. The molecule has 3 aromatic rings. The third-order valence-electron chi connectivity index (χ3n) is 4.82. The molecule has 6 nitrogen and oxygen atoms in total. The van der Waals surface area contributed by atoms with Crippen molar-refractivity contribution in [3.63, 3.8) is 0 Å². The standard InChI is InChI=1S/C24H24Cl2N2O4S/c1-2-32-23-13-12-19(15-21(23)26)33(30,31)28-22(14-17-8-4-3-5-9-17)24(29)27-16-18-10-6-7-11-20(18)25/h3-13,15,22,28H,2,14,16H2,1H3,(H,27,29). The van der Waals surface area contributed by atoms with Crippen molar-refractivity contribution in [2.24, 2.45) is 0 Å². The van der Waals surface area contributed by atoms with Gasteiger partial charge in [-0.1, -0.05) is 71.7 Å². The van der Waals surface area contributed by atoms with E-state index in [0.717, 1.165) is 11.1 Å². The lowest BCUT2D eigenvalue weighted by molar-refractivity contribution is -0.122. The van der Waals surface area contributed by atoms with Gasteiger partial charge in [-0.2, -0.15) is 4.72 Å². The largest absolute Gasteiger partial charge is 0.492 e. The Bertz CT molecular complexity index is 1200. The Morgan fingerprint density at radius 1 is 0.970 bits per heavy atom. The zero-order valence-electron chi connectivity index (χ0n) is 17.9. The smallest absolute Gasteiger partial charge is 0.241 e. The van der Waals surface area contributed by atoms with Crippen LogP contribution in [0.5, 0.6) is 5.75 Å². The van der Waals surface area contributed by atoms with Gasteiger partial charge in [-0.25, -0.2) is 8.42 Å². The van der Waals surface area contributed by atoms with Crippen molar-refractivity contribution in [3.05, 3.63) is 94.0 Å². The van der Waals surface area contributed by atoms with E-state index >= 15 is 0 Å². The highest BCUT2D eigenvalue weighted by Gasteiger charge is 2.26. The van der Waals surface area contributed by atoms with Crippen molar-refractivity contribution < 1.29 is 17.9 Å². The first-order valence-corrected chi connectivity index (χ1v) is 12.5. The predicted octanol–water partition coefficient (Wildman–Crippen LogP) is 4.60. The highest BCUT2D eigenvalue weighted by molar-refractivity contribution is 7.89. The molecule has 9 heteroatoms. The molecule has 0 aliphatic heterocycles. The molecule has 0 aliphatic rings. The second-order valence-corrected chi connectivity index (χ2v) is 9.73. The Hall–Kier alpha value is -2.58. The van der Waals surface area contributed by atoms with E-state index in [4.69, 9.17) is 27.9 Å². The molecule has 174 valence electrons. The van der Waals surface area contributed by atoms with E-state index in [0.29, 0.717) is 17.4 Å². The molecule has 0 aromatic heterocycles. The second-order valence-electron chi connectivity index (χ2n) is 7.20. The molecule has 1 atom stereocenters. The highest BCUT2D eigenvalue weighted by Crippen LogP contribution is 2.27. The number of nitrogens with one attached hydrogen (secondary N) is 2. The van der Waals surface area contributed by atoms with Crippen molar-refractivity contribution in [2.45, 2.75) is 30.8 Å². The number of halogens is 2. The molecule has 1 amide bonds. The van der Waals surface area contributed by atoms with E-state index in [1.165, 1.54) is 18.2 Å². The minimum atomic E-state index is -4.05. The average Bonchev–Trinajstić information content (AvgIpc) is 2.80. The number of carbonyl (C=O) groups is 1. The highest BCUT2D eigenvalue weighted by atomic mass is 35.5. The van der Waals surface area contributed by atoms with E-state index < -0.39 is 22.0 Å². The van der Waals surface area contributed by atoms with Gasteiger partial charge < -0.3 is 10.1 Å². The van der Waals surface area contributed by atoms with Crippen LogP contribution in [0.3, 0.4) is 0 Å². The topological polar surface area (TPSA) is 84.5 Å². The summed E-state index contributed by atoms with van der Waals surface area (Å²) in [6.45, 7) is 2.37. The summed E-state index contributed by atoms with van der Waals surface area (Å²) in [5.74, 6) is -0.0872. The zero-order chi connectivity index (χ0) is 23.8. The lowest BCUT2D eigenvalue weighted by Gasteiger charge is -2.19. The van der Waals surface area contributed by atoms with Gasteiger partial charge in [0.1, 0.15) is 11.8 Å². The van der Waals surface area contributed by atoms with Gasteiger partial charge in [0.05, 0.1) is 16.5 Å². The molecule has 3 aromatic carbocycles. The van der Waals surface area contributed by atoms with E-state index in [1.807, 2.05) is 36.4 Å². The molecule has 0 saturated carbocycles. The number of hydrogen-bond acceptors (Lipinski definition) is 4. The Morgan fingerprint density at radius 3 is 2.33 bits per heavy atom. The fourth-order valence-electron chi connectivity index (χ4n) is 3.16. The number of amides is 1. The summed E-state index contributed by atoms with van der Waals surface area (Å²) >= 11 is 12.3. The minimum absolute atomic E-state index is 0.0621. The number of rotatable bonds is 10.